The van der Waals surface area contributed by atoms with Crippen LogP contribution in [0, 0.1) is 5.41 Å². The number of allylic oxidation sites excluding steroid dienone is 1. The number of hydrogen-bond acceptors (Lipinski definition) is 0. The fourth-order valence-electron chi connectivity index (χ4n) is 2.83. The molecule has 0 heteroatoms. The molecule has 0 amide bonds. The molecule has 0 saturated carbocycles. The first-order chi connectivity index (χ1) is 6.64. The van der Waals surface area contributed by atoms with Gasteiger partial charge < -0.3 is 0 Å². The van der Waals surface area contributed by atoms with E-state index in [1.165, 1.54) is 24.0 Å². The van der Waals surface area contributed by atoms with Gasteiger partial charge in [0.2, 0.25) is 0 Å². The van der Waals surface area contributed by atoms with E-state index in [0.717, 1.165) is 6.42 Å². The predicted octanol–water partition coefficient (Wildman–Crippen LogP) is 3.38. The highest BCUT2D eigenvalue weighted by Crippen LogP contribution is 2.38. The smallest absolute Gasteiger partial charge is 0.00881 e. The Balaban J connectivity index is 2.11. The van der Waals surface area contributed by atoms with Crippen molar-refractivity contribution in [3.8, 4) is 0 Å². The average molecular weight is 184 g/mol. The van der Waals surface area contributed by atoms with Crippen LogP contribution in [0.15, 0.2) is 18.2 Å². The van der Waals surface area contributed by atoms with Crippen molar-refractivity contribution >= 4 is 6.08 Å². The van der Waals surface area contributed by atoms with Crippen molar-refractivity contribution in [1.82, 2.24) is 0 Å². The number of hydrogen-bond donors (Lipinski definition) is 0. The summed E-state index contributed by atoms with van der Waals surface area (Å²) in [4.78, 5) is 0. The third kappa shape index (κ3) is 1.13. The molecule has 14 heavy (non-hydrogen) atoms. The van der Waals surface area contributed by atoms with Gasteiger partial charge in [0.15, 0.2) is 0 Å². The van der Waals surface area contributed by atoms with E-state index in [4.69, 9.17) is 0 Å². The Morgan fingerprint density at radius 1 is 1.00 bits per heavy atom. The van der Waals surface area contributed by atoms with Gasteiger partial charge in [-0.15, -0.1) is 0 Å². The quantitative estimate of drug-likeness (QED) is 0.580. The summed E-state index contributed by atoms with van der Waals surface area (Å²) in [6.45, 7) is 4.74. The second-order valence-electron chi connectivity index (χ2n) is 5.44. The molecule has 0 aliphatic heterocycles. The molecule has 1 aromatic carbocycles. The van der Waals surface area contributed by atoms with E-state index in [9.17, 15) is 0 Å². The first-order valence-corrected chi connectivity index (χ1v) is 5.45. The lowest BCUT2D eigenvalue weighted by atomic mass is 9.90. The molecule has 0 atom stereocenters. The Labute approximate surface area is 85.6 Å². The minimum Gasteiger partial charge on any atom is -0.0795 e. The van der Waals surface area contributed by atoms with Gasteiger partial charge in [0.25, 0.3) is 0 Å². The summed E-state index contributed by atoms with van der Waals surface area (Å²) in [6.07, 6.45) is 8.19. The molecule has 2 aliphatic rings. The lowest BCUT2D eigenvalue weighted by Gasteiger charge is -2.14. The maximum absolute atomic E-state index is 2.43. The monoisotopic (exact) mass is 184 g/mol. The normalized spacial score (nSPS) is 21.0. The molecule has 0 aromatic heterocycles. The molecule has 1 aromatic rings. The summed E-state index contributed by atoms with van der Waals surface area (Å²) in [7, 11) is 0. The van der Waals surface area contributed by atoms with Crippen LogP contribution in [0.5, 0.6) is 0 Å². The van der Waals surface area contributed by atoms with Gasteiger partial charge in [-0.1, -0.05) is 38.1 Å². The van der Waals surface area contributed by atoms with Gasteiger partial charge in [-0.05, 0) is 46.9 Å². The molecule has 0 radical (unpaired) electrons. The second kappa shape index (κ2) is 2.50. The average Bonchev–Trinajstić information content (AvgIpc) is 2.59. The maximum Gasteiger partial charge on any atom is -0.00881 e. The first kappa shape index (κ1) is 8.28. The molecule has 3 rings (SSSR count). The zero-order valence-corrected chi connectivity index (χ0v) is 8.93. The summed E-state index contributed by atoms with van der Waals surface area (Å²) in [5.41, 5.74) is 6.65. The molecule has 0 unspecified atom stereocenters. The SMILES string of the molecule is CC1(C)Cc2cc3c(cc2C1)CC=C3. The van der Waals surface area contributed by atoms with Gasteiger partial charge >= 0.3 is 0 Å². The zero-order valence-electron chi connectivity index (χ0n) is 8.93. The van der Waals surface area contributed by atoms with Crippen LogP contribution >= 0.6 is 0 Å². The third-order valence-corrected chi connectivity index (χ3v) is 3.43. The molecule has 0 nitrogen and oxygen atoms in total. The second-order valence-corrected chi connectivity index (χ2v) is 5.44. The largest absolute Gasteiger partial charge is 0.0795 e. The van der Waals surface area contributed by atoms with Crippen molar-refractivity contribution in [2.45, 2.75) is 33.1 Å². The van der Waals surface area contributed by atoms with Gasteiger partial charge in [0, 0.05) is 0 Å². The van der Waals surface area contributed by atoms with Crippen LogP contribution in [0.3, 0.4) is 0 Å². The van der Waals surface area contributed by atoms with Crippen molar-refractivity contribution in [3.05, 3.63) is 40.5 Å². The molecule has 0 spiro atoms. The lowest BCUT2D eigenvalue weighted by Crippen LogP contribution is -2.09. The van der Waals surface area contributed by atoms with E-state index in [2.05, 4.69) is 38.1 Å². The van der Waals surface area contributed by atoms with Crippen molar-refractivity contribution < 1.29 is 0 Å². The van der Waals surface area contributed by atoms with E-state index in [-0.39, 0.29) is 0 Å². The summed E-state index contributed by atoms with van der Waals surface area (Å²) in [5.74, 6) is 0. The Morgan fingerprint density at radius 3 is 2.50 bits per heavy atom. The van der Waals surface area contributed by atoms with Crippen LogP contribution in [-0.2, 0) is 19.3 Å². The van der Waals surface area contributed by atoms with Crippen LogP contribution in [0.2, 0.25) is 0 Å². The standard InChI is InChI=1S/C14H16/c1-14(2)8-12-6-10-4-3-5-11(10)7-13(12)9-14/h3-4,6-7H,5,8-9H2,1-2H3. The fourth-order valence-corrected chi connectivity index (χ4v) is 2.83. The third-order valence-electron chi connectivity index (χ3n) is 3.43. The lowest BCUT2D eigenvalue weighted by molar-refractivity contribution is 0.392. The minimum atomic E-state index is 0.487. The summed E-state index contributed by atoms with van der Waals surface area (Å²) in [6, 6.07) is 4.84. The Morgan fingerprint density at radius 2 is 1.71 bits per heavy atom. The van der Waals surface area contributed by atoms with Crippen LogP contribution < -0.4 is 0 Å². The summed E-state index contributed by atoms with van der Waals surface area (Å²) >= 11 is 0. The van der Waals surface area contributed by atoms with Crippen LogP contribution in [-0.4, -0.2) is 0 Å². The Kier molecular flexibility index (Phi) is 1.48. The molecule has 0 heterocycles. The van der Waals surface area contributed by atoms with E-state index in [0.29, 0.717) is 5.41 Å². The van der Waals surface area contributed by atoms with E-state index >= 15 is 0 Å². The van der Waals surface area contributed by atoms with Gasteiger partial charge in [0.05, 0.1) is 0 Å². The molecular weight excluding hydrogens is 168 g/mol. The summed E-state index contributed by atoms with van der Waals surface area (Å²) < 4.78 is 0. The fraction of sp³-hybridized carbons (Fsp3) is 0.429. The van der Waals surface area contributed by atoms with Gasteiger partial charge in [-0.3, -0.25) is 0 Å². The molecule has 0 N–H and O–H groups in total. The van der Waals surface area contributed by atoms with E-state index in [1.54, 1.807) is 11.1 Å². The highest BCUT2D eigenvalue weighted by molar-refractivity contribution is 5.62. The van der Waals surface area contributed by atoms with Crippen molar-refractivity contribution in [1.29, 1.82) is 0 Å². The van der Waals surface area contributed by atoms with Crippen molar-refractivity contribution in [2.75, 3.05) is 0 Å². The van der Waals surface area contributed by atoms with Gasteiger partial charge in [0.1, 0.15) is 0 Å². The zero-order chi connectivity index (χ0) is 9.76. The highest BCUT2D eigenvalue weighted by atomic mass is 14.3. The topological polar surface area (TPSA) is 0 Å². The Bertz CT molecular complexity index is 422. The molecule has 0 fully saturated rings. The van der Waals surface area contributed by atoms with Crippen LogP contribution in [0.4, 0.5) is 0 Å². The van der Waals surface area contributed by atoms with E-state index in [1.807, 2.05) is 0 Å². The molecule has 72 valence electrons. The number of benzene rings is 1. The van der Waals surface area contributed by atoms with Crippen molar-refractivity contribution in [3.63, 3.8) is 0 Å². The molecular formula is C14H16. The Hall–Kier alpha value is -1.04. The molecule has 0 bridgehead atoms. The maximum atomic E-state index is 2.43. The number of fused-ring (bicyclic) bond motifs is 2. The van der Waals surface area contributed by atoms with Crippen LogP contribution in [0.25, 0.3) is 6.08 Å². The van der Waals surface area contributed by atoms with Crippen LogP contribution in [0.1, 0.15) is 36.1 Å². The minimum absolute atomic E-state index is 0.487. The summed E-state index contributed by atoms with van der Waals surface area (Å²) in [5, 5.41) is 0. The van der Waals surface area contributed by atoms with E-state index < -0.39 is 0 Å². The molecule has 2 aliphatic carbocycles. The predicted molar refractivity (Wildman–Crippen MR) is 60.4 cm³/mol. The first-order valence-electron chi connectivity index (χ1n) is 5.45. The van der Waals surface area contributed by atoms with Gasteiger partial charge in [-0.2, -0.15) is 0 Å². The highest BCUT2D eigenvalue weighted by Gasteiger charge is 2.29. The molecule has 0 saturated heterocycles. The van der Waals surface area contributed by atoms with Gasteiger partial charge in [-0.25, -0.2) is 0 Å². The number of rotatable bonds is 0. The van der Waals surface area contributed by atoms with Crippen molar-refractivity contribution in [2.24, 2.45) is 5.41 Å².